The van der Waals surface area contributed by atoms with E-state index < -0.39 is 41.9 Å². The molecular formula is C13H15N3O8. The summed E-state index contributed by atoms with van der Waals surface area (Å²) in [6.45, 7) is 8.73. The standard InChI is InChI=1S/C13H15N3O8/c1-6(2)9(17)23-8(24-10(18)7(3)4)5-22-16-12(20)14-11(19)15-13(16)21/h8H,1,3,5H2,2,4H3,(H2,14,15,19,20,21). The minimum atomic E-state index is -1.59. The van der Waals surface area contributed by atoms with Crippen LogP contribution in [0.5, 0.6) is 0 Å². The number of hydrogen-bond donors (Lipinski definition) is 2. The van der Waals surface area contributed by atoms with Gasteiger partial charge in [-0.2, -0.15) is 0 Å². The Bertz CT molecular complexity index is 782. The number of esters is 2. The summed E-state index contributed by atoms with van der Waals surface area (Å²) in [5.41, 5.74) is -3.32. The number of ether oxygens (including phenoxy) is 2. The van der Waals surface area contributed by atoms with Crippen molar-refractivity contribution in [2.75, 3.05) is 6.61 Å². The van der Waals surface area contributed by atoms with E-state index in [1.165, 1.54) is 13.8 Å². The molecule has 0 atom stereocenters. The van der Waals surface area contributed by atoms with Gasteiger partial charge in [-0.1, -0.05) is 17.9 Å². The summed E-state index contributed by atoms with van der Waals surface area (Å²) in [5.74, 6) is -1.78. The minimum absolute atomic E-state index is 0.0189. The lowest BCUT2D eigenvalue weighted by atomic mass is 10.3. The first-order chi connectivity index (χ1) is 11.1. The summed E-state index contributed by atoms with van der Waals surface area (Å²) < 4.78 is 9.79. The van der Waals surface area contributed by atoms with Gasteiger partial charge in [0.05, 0.1) is 0 Å². The molecule has 11 heteroatoms. The molecule has 11 nitrogen and oxygen atoms in total. The fraction of sp³-hybridized carbons (Fsp3) is 0.308. The van der Waals surface area contributed by atoms with Gasteiger partial charge in [0.2, 0.25) is 0 Å². The maximum atomic E-state index is 11.5. The third-order valence-corrected chi connectivity index (χ3v) is 2.32. The summed E-state index contributed by atoms with van der Waals surface area (Å²) in [6.07, 6.45) is -1.59. The van der Waals surface area contributed by atoms with Crippen molar-refractivity contribution in [1.82, 2.24) is 14.7 Å². The van der Waals surface area contributed by atoms with Crippen LogP contribution in [0.4, 0.5) is 0 Å². The van der Waals surface area contributed by atoms with Crippen molar-refractivity contribution >= 4 is 11.9 Å². The lowest BCUT2D eigenvalue weighted by molar-refractivity contribution is -0.192. The maximum Gasteiger partial charge on any atom is 0.367 e. The second-order valence-corrected chi connectivity index (χ2v) is 4.58. The largest absolute Gasteiger partial charge is 0.418 e. The lowest BCUT2D eigenvalue weighted by Gasteiger charge is -2.18. The third-order valence-electron chi connectivity index (χ3n) is 2.32. The van der Waals surface area contributed by atoms with Crippen LogP contribution in [0, 0.1) is 0 Å². The molecule has 0 saturated carbocycles. The number of aromatic nitrogens is 3. The van der Waals surface area contributed by atoms with Crippen LogP contribution < -0.4 is 21.9 Å². The quantitative estimate of drug-likeness (QED) is 0.336. The molecule has 0 aromatic carbocycles. The number of carbonyl (C=O) groups excluding carboxylic acids is 2. The van der Waals surface area contributed by atoms with Crippen LogP contribution in [0.1, 0.15) is 13.8 Å². The molecule has 1 heterocycles. The Morgan fingerprint density at radius 1 is 1.00 bits per heavy atom. The van der Waals surface area contributed by atoms with Crippen LogP contribution >= 0.6 is 0 Å². The van der Waals surface area contributed by atoms with Crippen molar-refractivity contribution in [2.24, 2.45) is 0 Å². The van der Waals surface area contributed by atoms with Gasteiger partial charge in [0.1, 0.15) is 0 Å². The molecule has 0 amide bonds. The predicted molar refractivity (Wildman–Crippen MR) is 79.0 cm³/mol. The van der Waals surface area contributed by atoms with Crippen molar-refractivity contribution in [1.29, 1.82) is 0 Å². The van der Waals surface area contributed by atoms with Crippen molar-refractivity contribution in [3.05, 3.63) is 55.8 Å². The first-order valence-electron chi connectivity index (χ1n) is 6.43. The van der Waals surface area contributed by atoms with E-state index in [1.807, 2.05) is 0 Å². The molecule has 24 heavy (non-hydrogen) atoms. The van der Waals surface area contributed by atoms with Gasteiger partial charge in [0.15, 0.2) is 6.61 Å². The summed E-state index contributed by atoms with van der Waals surface area (Å²) >= 11 is 0. The van der Waals surface area contributed by atoms with E-state index in [4.69, 9.17) is 14.3 Å². The molecule has 0 fully saturated rings. The number of hydrogen-bond acceptors (Lipinski definition) is 8. The van der Waals surface area contributed by atoms with Gasteiger partial charge >= 0.3 is 29.0 Å². The highest BCUT2D eigenvalue weighted by Gasteiger charge is 2.22. The van der Waals surface area contributed by atoms with E-state index in [1.54, 1.807) is 9.97 Å². The van der Waals surface area contributed by atoms with Crippen molar-refractivity contribution in [3.8, 4) is 0 Å². The number of carbonyl (C=O) groups is 2. The topological polar surface area (TPSA) is 150 Å². The van der Waals surface area contributed by atoms with E-state index >= 15 is 0 Å². The van der Waals surface area contributed by atoms with Gasteiger partial charge in [-0.25, -0.2) is 24.0 Å². The number of nitrogens with one attached hydrogen (secondary N) is 2. The number of rotatable bonds is 7. The average Bonchev–Trinajstić information content (AvgIpc) is 2.45. The Morgan fingerprint density at radius 2 is 1.42 bits per heavy atom. The zero-order chi connectivity index (χ0) is 18.4. The van der Waals surface area contributed by atoms with Gasteiger partial charge < -0.3 is 14.3 Å². The average molecular weight is 341 g/mol. The van der Waals surface area contributed by atoms with Crippen LogP contribution in [-0.2, 0) is 19.1 Å². The van der Waals surface area contributed by atoms with Gasteiger partial charge in [-0.15, -0.1) is 0 Å². The molecule has 0 radical (unpaired) electrons. The first kappa shape index (κ1) is 18.7. The Labute approximate surface area is 134 Å². The monoisotopic (exact) mass is 341 g/mol. The molecular weight excluding hydrogens is 326 g/mol. The Balaban J connectivity index is 2.94. The normalized spacial score (nSPS) is 10.1. The summed E-state index contributed by atoms with van der Waals surface area (Å²) in [6, 6.07) is 0. The van der Waals surface area contributed by atoms with Crippen molar-refractivity contribution < 1.29 is 23.9 Å². The molecule has 0 aliphatic rings. The zero-order valence-corrected chi connectivity index (χ0v) is 12.9. The van der Waals surface area contributed by atoms with E-state index in [9.17, 15) is 24.0 Å². The summed E-state index contributed by atoms with van der Waals surface area (Å²) in [7, 11) is 0. The number of nitrogens with zero attached hydrogens (tertiary/aromatic N) is 1. The Morgan fingerprint density at radius 3 is 1.79 bits per heavy atom. The van der Waals surface area contributed by atoms with Crippen molar-refractivity contribution in [3.63, 3.8) is 0 Å². The maximum absolute atomic E-state index is 11.5. The SMILES string of the molecule is C=C(C)C(=O)OC(COn1c(=O)[nH]c(=O)[nH]c1=O)OC(=O)C(=C)C. The second kappa shape index (κ2) is 7.76. The van der Waals surface area contributed by atoms with E-state index in [0.717, 1.165) is 0 Å². The number of aromatic amines is 2. The molecule has 0 unspecified atom stereocenters. The van der Waals surface area contributed by atoms with E-state index in [2.05, 4.69) is 13.2 Å². The van der Waals surface area contributed by atoms with Crippen molar-refractivity contribution in [2.45, 2.75) is 20.1 Å². The highest BCUT2D eigenvalue weighted by atomic mass is 16.8. The fourth-order valence-corrected chi connectivity index (χ4v) is 1.20. The molecule has 130 valence electrons. The van der Waals surface area contributed by atoms with E-state index in [0.29, 0.717) is 0 Å². The molecule has 2 N–H and O–H groups in total. The molecule has 1 aromatic heterocycles. The Kier molecular flexibility index (Phi) is 6.04. The Hall–Kier alpha value is -3.37. The van der Waals surface area contributed by atoms with Gasteiger partial charge in [-0.05, 0) is 13.8 Å². The molecule has 0 aliphatic heterocycles. The predicted octanol–water partition coefficient (Wildman–Crippen LogP) is -1.78. The van der Waals surface area contributed by atoms with Crippen LogP contribution in [0.2, 0.25) is 0 Å². The molecule has 1 aromatic rings. The second-order valence-electron chi connectivity index (χ2n) is 4.58. The van der Waals surface area contributed by atoms with Gasteiger partial charge in [-0.3, -0.25) is 9.97 Å². The van der Waals surface area contributed by atoms with Gasteiger partial charge in [0, 0.05) is 11.1 Å². The van der Waals surface area contributed by atoms with Crippen LogP contribution in [0.3, 0.4) is 0 Å². The molecule has 0 spiro atoms. The third kappa shape index (κ3) is 5.12. The highest BCUT2D eigenvalue weighted by Crippen LogP contribution is 2.04. The smallest absolute Gasteiger partial charge is 0.367 e. The minimum Gasteiger partial charge on any atom is -0.418 e. The van der Waals surface area contributed by atoms with Crippen LogP contribution in [-0.4, -0.2) is 39.5 Å². The summed E-state index contributed by atoms with van der Waals surface area (Å²) in [4.78, 5) is 65.2. The van der Waals surface area contributed by atoms with Crippen LogP contribution in [0.15, 0.2) is 38.7 Å². The summed E-state index contributed by atoms with van der Waals surface area (Å²) in [5, 5.41) is 0. The highest BCUT2D eigenvalue weighted by molar-refractivity contribution is 5.88. The number of H-pyrrole nitrogens is 2. The molecule has 0 saturated heterocycles. The molecule has 0 bridgehead atoms. The zero-order valence-electron chi connectivity index (χ0n) is 12.9. The first-order valence-corrected chi connectivity index (χ1v) is 6.43. The van der Waals surface area contributed by atoms with Gasteiger partial charge in [0.25, 0.3) is 6.29 Å². The lowest BCUT2D eigenvalue weighted by Crippen LogP contribution is -2.48. The van der Waals surface area contributed by atoms with E-state index in [-0.39, 0.29) is 15.9 Å². The fourth-order valence-electron chi connectivity index (χ4n) is 1.20. The van der Waals surface area contributed by atoms with Crippen LogP contribution in [0.25, 0.3) is 0 Å². The molecule has 1 rings (SSSR count). The molecule has 0 aliphatic carbocycles.